The Morgan fingerprint density at radius 2 is 2.44 bits per heavy atom. The number of ether oxygens (including phenoxy) is 1. The number of hydrogen-bond acceptors (Lipinski definition) is 2. The lowest BCUT2D eigenvalue weighted by molar-refractivity contribution is 0.301. The van der Waals surface area contributed by atoms with Crippen molar-refractivity contribution in [3.63, 3.8) is 0 Å². The Morgan fingerprint density at radius 1 is 1.56 bits per heavy atom. The molecule has 1 saturated carbocycles. The second kappa shape index (κ2) is 1.62. The number of rotatable bonds is 1. The van der Waals surface area contributed by atoms with Crippen LogP contribution in [0.25, 0.3) is 10.4 Å². The molecule has 4 nitrogen and oxygen atoms in total. The topological polar surface area (TPSA) is 61.3 Å². The molecule has 2 rings (SSSR count). The standard InChI is InChI=1S/C5H7N3O/c6-8-7-3-1-2-4-5(3)9-4/h3-5H,1-2H2/t3-,4+,5-/m1/s1. The van der Waals surface area contributed by atoms with Gasteiger partial charge >= 0.3 is 0 Å². The fourth-order valence-electron chi connectivity index (χ4n) is 1.42. The van der Waals surface area contributed by atoms with Crippen molar-refractivity contribution in [3.05, 3.63) is 10.4 Å². The summed E-state index contributed by atoms with van der Waals surface area (Å²) in [4.78, 5) is 2.74. The SMILES string of the molecule is [N-]=[N+]=N[C@@H]1CC[C@@H]2O[C@@H]21. The van der Waals surface area contributed by atoms with Crippen LogP contribution in [0, 0.1) is 0 Å². The predicted octanol–water partition coefficient (Wildman–Crippen LogP) is 1.23. The summed E-state index contributed by atoms with van der Waals surface area (Å²) in [6.45, 7) is 0. The van der Waals surface area contributed by atoms with Crippen molar-refractivity contribution in [2.24, 2.45) is 5.11 Å². The van der Waals surface area contributed by atoms with Gasteiger partial charge in [0.25, 0.3) is 0 Å². The van der Waals surface area contributed by atoms with E-state index in [1.807, 2.05) is 0 Å². The third kappa shape index (κ3) is 0.677. The lowest BCUT2D eigenvalue weighted by atomic mass is 10.3. The maximum absolute atomic E-state index is 8.07. The fraction of sp³-hybridized carbons (Fsp3) is 1.00. The van der Waals surface area contributed by atoms with Crippen molar-refractivity contribution in [1.82, 2.24) is 0 Å². The number of azide groups is 1. The molecule has 1 heterocycles. The molecular formula is C5H7N3O. The molecule has 48 valence electrons. The van der Waals surface area contributed by atoms with Crippen LogP contribution in [0.2, 0.25) is 0 Å². The third-order valence-corrected chi connectivity index (χ3v) is 1.95. The second-order valence-corrected chi connectivity index (χ2v) is 2.49. The maximum Gasteiger partial charge on any atom is 0.0926 e. The molecule has 0 N–H and O–H groups in total. The van der Waals surface area contributed by atoms with Gasteiger partial charge in [0.05, 0.1) is 18.2 Å². The molecule has 1 aliphatic heterocycles. The molecule has 0 amide bonds. The van der Waals surface area contributed by atoms with Crippen molar-refractivity contribution >= 4 is 0 Å². The van der Waals surface area contributed by atoms with Crippen LogP contribution in [0.5, 0.6) is 0 Å². The molecule has 0 bridgehead atoms. The van der Waals surface area contributed by atoms with Crippen molar-refractivity contribution in [2.45, 2.75) is 31.1 Å². The van der Waals surface area contributed by atoms with E-state index in [2.05, 4.69) is 10.0 Å². The van der Waals surface area contributed by atoms with Gasteiger partial charge < -0.3 is 4.74 Å². The Labute approximate surface area is 52.4 Å². The minimum Gasteiger partial charge on any atom is -0.369 e. The monoisotopic (exact) mass is 125 g/mol. The van der Waals surface area contributed by atoms with Crippen molar-refractivity contribution in [1.29, 1.82) is 0 Å². The molecule has 2 fully saturated rings. The highest BCUT2D eigenvalue weighted by atomic mass is 16.6. The molecule has 0 aromatic carbocycles. The van der Waals surface area contributed by atoms with E-state index in [-0.39, 0.29) is 12.1 Å². The second-order valence-electron chi connectivity index (χ2n) is 2.49. The molecule has 0 aromatic heterocycles. The minimum absolute atomic E-state index is 0.139. The van der Waals surface area contributed by atoms with Crippen LogP contribution in [0.15, 0.2) is 5.11 Å². The van der Waals surface area contributed by atoms with Gasteiger partial charge in [0.1, 0.15) is 0 Å². The zero-order valence-corrected chi connectivity index (χ0v) is 4.90. The summed E-state index contributed by atoms with van der Waals surface area (Å²) in [5, 5.41) is 3.60. The van der Waals surface area contributed by atoms with E-state index in [0.717, 1.165) is 12.8 Å². The number of hydrogen-bond donors (Lipinski definition) is 0. The highest BCUT2D eigenvalue weighted by Gasteiger charge is 2.49. The van der Waals surface area contributed by atoms with Crippen LogP contribution in [0.1, 0.15) is 12.8 Å². The fourth-order valence-corrected chi connectivity index (χ4v) is 1.42. The molecule has 9 heavy (non-hydrogen) atoms. The van der Waals surface area contributed by atoms with E-state index in [9.17, 15) is 0 Å². The first kappa shape index (κ1) is 5.09. The van der Waals surface area contributed by atoms with Crippen molar-refractivity contribution in [3.8, 4) is 0 Å². The zero-order chi connectivity index (χ0) is 6.27. The van der Waals surface area contributed by atoms with Crippen LogP contribution in [-0.4, -0.2) is 18.2 Å². The summed E-state index contributed by atoms with van der Waals surface area (Å²) in [5.74, 6) is 0. The summed E-state index contributed by atoms with van der Waals surface area (Å²) in [5.41, 5.74) is 8.07. The first-order valence-corrected chi connectivity index (χ1v) is 3.11. The summed E-state index contributed by atoms with van der Waals surface area (Å²) < 4.78 is 5.15. The number of nitrogens with zero attached hydrogens (tertiary/aromatic N) is 3. The molecule has 2 aliphatic rings. The molecule has 0 unspecified atom stereocenters. The van der Waals surface area contributed by atoms with Gasteiger partial charge in [0.2, 0.25) is 0 Å². The quantitative estimate of drug-likeness (QED) is 0.225. The zero-order valence-electron chi connectivity index (χ0n) is 4.90. The summed E-state index contributed by atoms with van der Waals surface area (Å²) in [6, 6.07) is 0.139. The van der Waals surface area contributed by atoms with Crippen molar-refractivity contribution < 1.29 is 4.74 Å². The first-order chi connectivity index (χ1) is 4.42. The van der Waals surface area contributed by atoms with Crippen molar-refractivity contribution in [2.75, 3.05) is 0 Å². The van der Waals surface area contributed by atoms with E-state index in [1.54, 1.807) is 0 Å². The molecule has 0 spiro atoms. The predicted molar refractivity (Wildman–Crippen MR) is 30.8 cm³/mol. The molecule has 4 heteroatoms. The number of fused-ring (bicyclic) bond motifs is 1. The highest BCUT2D eigenvalue weighted by molar-refractivity contribution is 5.01. The molecular weight excluding hydrogens is 118 g/mol. The summed E-state index contributed by atoms with van der Waals surface area (Å²) in [7, 11) is 0. The van der Waals surface area contributed by atoms with E-state index in [1.165, 1.54) is 0 Å². The molecule has 0 aromatic rings. The molecule has 1 saturated heterocycles. The van der Waals surface area contributed by atoms with E-state index >= 15 is 0 Å². The Hall–Kier alpha value is -0.730. The molecule has 3 atom stereocenters. The average molecular weight is 125 g/mol. The van der Waals surface area contributed by atoms with E-state index < -0.39 is 0 Å². The van der Waals surface area contributed by atoms with Crippen LogP contribution >= 0.6 is 0 Å². The molecule has 0 radical (unpaired) electrons. The lowest BCUT2D eigenvalue weighted by Crippen LogP contribution is -2.05. The molecule has 1 aliphatic carbocycles. The Kier molecular flexibility index (Phi) is 0.917. The highest BCUT2D eigenvalue weighted by Crippen LogP contribution is 2.40. The van der Waals surface area contributed by atoms with Crippen LogP contribution in [0.4, 0.5) is 0 Å². The Morgan fingerprint density at radius 3 is 2.89 bits per heavy atom. The summed E-state index contributed by atoms with van der Waals surface area (Å²) in [6.07, 6.45) is 2.80. The summed E-state index contributed by atoms with van der Waals surface area (Å²) >= 11 is 0. The van der Waals surface area contributed by atoms with Gasteiger partial charge in [-0.1, -0.05) is 5.11 Å². The van der Waals surface area contributed by atoms with E-state index in [4.69, 9.17) is 10.3 Å². The van der Waals surface area contributed by atoms with Gasteiger partial charge in [-0.15, -0.1) is 0 Å². The van der Waals surface area contributed by atoms with Gasteiger partial charge in [0, 0.05) is 4.91 Å². The van der Waals surface area contributed by atoms with Gasteiger partial charge in [-0.3, -0.25) is 0 Å². The van der Waals surface area contributed by atoms with E-state index in [0.29, 0.717) is 6.10 Å². The van der Waals surface area contributed by atoms with Crippen LogP contribution in [0.3, 0.4) is 0 Å². The Balaban J connectivity index is 2.05. The minimum atomic E-state index is 0.139. The normalized spacial score (nSPS) is 45.6. The van der Waals surface area contributed by atoms with Gasteiger partial charge in [-0.25, -0.2) is 0 Å². The number of epoxide rings is 1. The lowest BCUT2D eigenvalue weighted by Gasteiger charge is -1.97. The van der Waals surface area contributed by atoms with Gasteiger partial charge in [0.15, 0.2) is 0 Å². The maximum atomic E-state index is 8.07. The van der Waals surface area contributed by atoms with Gasteiger partial charge in [-0.2, -0.15) is 0 Å². The van der Waals surface area contributed by atoms with Gasteiger partial charge in [-0.05, 0) is 18.4 Å². The third-order valence-electron chi connectivity index (χ3n) is 1.95. The van der Waals surface area contributed by atoms with Crippen LogP contribution in [-0.2, 0) is 4.74 Å². The van der Waals surface area contributed by atoms with Crippen LogP contribution < -0.4 is 0 Å². The largest absolute Gasteiger partial charge is 0.369 e. The average Bonchev–Trinajstić information content (AvgIpc) is 2.54. The first-order valence-electron chi connectivity index (χ1n) is 3.11. The Bertz CT molecular complexity index is 175. The smallest absolute Gasteiger partial charge is 0.0926 e.